The molecule has 30 heavy (non-hydrogen) atoms. The molecule has 2 aromatic carbocycles. The zero-order chi connectivity index (χ0) is 21.7. The van der Waals surface area contributed by atoms with Crippen molar-refractivity contribution >= 4 is 53.8 Å². The van der Waals surface area contributed by atoms with E-state index in [1.165, 1.54) is 6.33 Å². The average Bonchev–Trinajstić information content (AvgIpc) is 3.15. The van der Waals surface area contributed by atoms with Crippen LogP contribution in [0.5, 0.6) is 0 Å². The van der Waals surface area contributed by atoms with E-state index in [2.05, 4.69) is 19.9 Å². The van der Waals surface area contributed by atoms with E-state index >= 15 is 0 Å². The van der Waals surface area contributed by atoms with E-state index in [0.29, 0.717) is 28.2 Å². The van der Waals surface area contributed by atoms with E-state index < -0.39 is 14.6 Å². The number of fused-ring (bicyclic) bond motifs is 2. The number of hydrogen-bond acceptors (Lipinski definition) is 7. The molecule has 0 radical (unpaired) electrons. The minimum Gasteiger partial charge on any atom is -0.326 e. The van der Waals surface area contributed by atoms with Crippen molar-refractivity contribution in [2.24, 2.45) is 0 Å². The summed E-state index contributed by atoms with van der Waals surface area (Å²) in [4.78, 5) is 15.7. The molecule has 0 bridgehead atoms. The number of anilines is 2. The van der Waals surface area contributed by atoms with Crippen LogP contribution in [0.2, 0.25) is 0 Å². The first-order chi connectivity index (χ1) is 14.1. The smallest absolute Gasteiger partial charge is 0.183 e. The summed E-state index contributed by atoms with van der Waals surface area (Å²) in [5.74, 6) is 0.683. The van der Waals surface area contributed by atoms with Gasteiger partial charge in [-0.2, -0.15) is 0 Å². The molecule has 0 aliphatic carbocycles. The zero-order valence-corrected chi connectivity index (χ0v) is 19.3. The van der Waals surface area contributed by atoms with Gasteiger partial charge in [-0.15, -0.1) is 11.3 Å². The van der Waals surface area contributed by atoms with E-state index in [0.717, 1.165) is 21.4 Å². The summed E-state index contributed by atoms with van der Waals surface area (Å²) in [5, 5.41) is 0.714. The summed E-state index contributed by atoms with van der Waals surface area (Å²) in [6.45, 7) is 9.67. The van der Waals surface area contributed by atoms with Gasteiger partial charge < -0.3 is 4.90 Å². The van der Waals surface area contributed by atoms with Crippen LogP contribution in [0.3, 0.4) is 0 Å². The van der Waals surface area contributed by atoms with Crippen molar-refractivity contribution in [2.75, 3.05) is 11.4 Å². The molecule has 0 unspecified atom stereocenters. The molecule has 0 saturated carbocycles. The molecule has 2 heterocycles. The van der Waals surface area contributed by atoms with Gasteiger partial charge in [0.2, 0.25) is 0 Å². The van der Waals surface area contributed by atoms with Gasteiger partial charge in [-0.25, -0.2) is 23.4 Å². The lowest BCUT2D eigenvalue weighted by Crippen LogP contribution is -2.28. The quantitative estimate of drug-likeness (QED) is 0.430. The lowest BCUT2D eigenvalue weighted by atomic mass is 10.1. The third-order valence-corrected chi connectivity index (χ3v) is 8.65. The van der Waals surface area contributed by atoms with Gasteiger partial charge in [-0.1, -0.05) is 0 Å². The maximum atomic E-state index is 13.2. The molecular formula is C22H24N4O2S2. The predicted molar refractivity (Wildman–Crippen MR) is 124 cm³/mol. The Labute approximate surface area is 180 Å². The fourth-order valence-corrected chi connectivity index (χ4v) is 5.55. The Morgan fingerprint density at radius 1 is 1.03 bits per heavy atom. The highest BCUT2D eigenvalue weighted by atomic mass is 32.2. The van der Waals surface area contributed by atoms with Gasteiger partial charge in [0, 0.05) is 17.6 Å². The van der Waals surface area contributed by atoms with Gasteiger partial charge in [0.05, 0.1) is 30.9 Å². The number of rotatable bonds is 4. The largest absolute Gasteiger partial charge is 0.326 e. The number of benzene rings is 2. The first-order valence-electron chi connectivity index (χ1n) is 9.74. The van der Waals surface area contributed by atoms with E-state index in [4.69, 9.17) is 0 Å². The summed E-state index contributed by atoms with van der Waals surface area (Å²) in [6, 6.07) is 9.68. The summed E-state index contributed by atoms with van der Waals surface area (Å²) in [6.07, 6.45) is 1.53. The summed E-state index contributed by atoms with van der Waals surface area (Å²) >= 11 is 1.60. The second-order valence-corrected chi connectivity index (χ2v) is 11.8. The Balaban J connectivity index is 1.95. The van der Waals surface area contributed by atoms with Gasteiger partial charge in [0.1, 0.15) is 12.1 Å². The van der Waals surface area contributed by atoms with Crippen LogP contribution in [0.15, 0.2) is 47.1 Å². The molecule has 2 aromatic heterocycles. The van der Waals surface area contributed by atoms with Crippen molar-refractivity contribution in [2.45, 2.75) is 44.3 Å². The van der Waals surface area contributed by atoms with Crippen LogP contribution in [0.4, 0.5) is 11.5 Å². The van der Waals surface area contributed by atoms with E-state index in [-0.39, 0.29) is 0 Å². The molecule has 0 fully saturated rings. The number of thiazole rings is 1. The minimum absolute atomic E-state index is 0.324. The van der Waals surface area contributed by atoms with Crippen LogP contribution in [0.1, 0.15) is 33.3 Å². The van der Waals surface area contributed by atoms with E-state index in [1.54, 1.807) is 38.2 Å². The second-order valence-electron chi connectivity index (χ2n) is 8.20. The van der Waals surface area contributed by atoms with E-state index in [1.807, 2.05) is 43.6 Å². The molecule has 4 rings (SSSR count). The summed E-state index contributed by atoms with van der Waals surface area (Å²) in [5.41, 5.74) is 5.13. The first-order valence-corrected chi connectivity index (χ1v) is 12.1. The highest BCUT2D eigenvalue weighted by molar-refractivity contribution is 7.92. The van der Waals surface area contributed by atoms with Gasteiger partial charge in [0.15, 0.2) is 9.84 Å². The van der Waals surface area contributed by atoms with Crippen molar-refractivity contribution in [3.63, 3.8) is 0 Å². The first kappa shape index (κ1) is 20.7. The number of aromatic nitrogens is 3. The fourth-order valence-electron chi connectivity index (χ4n) is 3.48. The highest BCUT2D eigenvalue weighted by Gasteiger charge is 2.32. The van der Waals surface area contributed by atoms with Gasteiger partial charge in [-0.3, -0.25) is 0 Å². The van der Waals surface area contributed by atoms with Crippen LogP contribution in [0, 0.1) is 6.92 Å². The van der Waals surface area contributed by atoms with Crippen molar-refractivity contribution in [3.05, 3.63) is 47.7 Å². The van der Waals surface area contributed by atoms with Gasteiger partial charge in [0.25, 0.3) is 0 Å². The molecule has 0 saturated heterocycles. The molecule has 156 valence electrons. The summed E-state index contributed by atoms with van der Waals surface area (Å²) < 4.78 is 26.6. The highest BCUT2D eigenvalue weighted by Crippen LogP contribution is 2.35. The van der Waals surface area contributed by atoms with Crippen molar-refractivity contribution in [1.82, 2.24) is 15.0 Å². The minimum atomic E-state index is -3.52. The molecule has 8 heteroatoms. The third kappa shape index (κ3) is 3.33. The molecular weight excluding hydrogens is 416 g/mol. The third-order valence-electron chi connectivity index (χ3n) is 5.20. The molecule has 6 nitrogen and oxygen atoms in total. The molecule has 4 aromatic rings. The zero-order valence-electron chi connectivity index (χ0n) is 17.7. The van der Waals surface area contributed by atoms with Crippen LogP contribution in [-0.2, 0) is 9.84 Å². The lowest BCUT2D eigenvalue weighted by Gasteiger charge is -2.25. The van der Waals surface area contributed by atoms with Crippen LogP contribution < -0.4 is 4.90 Å². The normalized spacial score (nSPS) is 12.6. The Kier molecular flexibility index (Phi) is 5.02. The number of aryl methyl sites for hydroxylation is 1. The topological polar surface area (TPSA) is 76.1 Å². The van der Waals surface area contributed by atoms with Crippen molar-refractivity contribution in [3.8, 4) is 0 Å². The lowest BCUT2D eigenvalue weighted by molar-refractivity contribution is 0.560. The molecule has 0 spiro atoms. The maximum absolute atomic E-state index is 13.2. The SMILES string of the molecule is CCN(c1ccc2scnc2c1)c1ncnc2cc(C)c(S(=O)(=O)C(C)(C)C)cc12. The van der Waals surface area contributed by atoms with E-state index in [9.17, 15) is 8.42 Å². The Morgan fingerprint density at radius 3 is 2.50 bits per heavy atom. The molecule has 0 N–H and O–H groups in total. The Morgan fingerprint density at radius 2 is 1.80 bits per heavy atom. The fraction of sp³-hybridized carbons (Fsp3) is 0.318. The number of hydrogen-bond donors (Lipinski definition) is 0. The molecule has 0 aliphatic heterocycles. The number of sulfone groups is 1. The monoisotopic (exact) mass is 440 g/mol. The van der Waals surface area contributed by atoms with Crippen LogP contribution in [0.25, 0.3) is 21.1 Å². The van der Waals surface area contributed by atoms with Crippen molar-refractivity contribution in [1.29, 1.82) is 0 Å². The maximum Gasteiger partial charge on any atom is 0.183 e. The average molecular weight is 441 g/mol. The molecule has 0 aliphatic rings. The Hall–Kier alpha value is -2.58. The number of nitrogens with zero attached hydrogens (tertiary/aromatic N) is 4. The van der Waals surface area contributed by atoms with Gasteiger partial charge in [-0.05, 0) is 70.5 Å². The molecule has 0 atom stereocenters. The predicted octanol–water partition coefficient (Wildman–Crippen LogP) is 5.28. The van der Waals surface area contributed by atoms with Crippen molar-refractivity contribution < 1.29 is 8.42 Å². The van der Waals surface area contributed by atoms with Gasteiger partial charge >= 0.3 is 0 Å². The molecule has 0 amide bonds. The van der Waals surface area contributed by atoms with Crippen LogP contribution >= 0.6 is 11.3 Å². The van der Waals surface area contributed by atoms with Crippen LogP contribution in [-0.4, -0.2) is 34.7 Å². The second kappa shape index (κ2) is 7.28. The standard InChI is InChI=1S/C22H24N4O2S2/c1-6-26(15-7-8-19-18(10-15)25-13-29-19)21-16-11-20(30(27,28)22(3,4)5)14(2)9-17(16)23-12-24-21/h7-13H,6H2,1-5H3. The summed E-state index contributed by atoms with van der Waals surface area (Å²) in [7, 11) is -3.52. The Bertz CT molecular complexity index is 1350.